The number of carbonyl (C=O) groups excluding carboxylic acids is 1. The van der Waals surface area contributed by atoms with Gasteiger partial charge in [-0.2, -0.15) is 13.2 Å². The second kappa shape index (κ2) is 5.97. The van der Waals surface area contributed by atoms with Crippen molar-refractivity contribution in [3.05, 3.63) is 26.6 Å². The molecule has 1 rings (SSSR count). The lowest BCUT2D eigenvalue weighted by Crippen LogP contribution is -2.16. The zero-order valence-corrected chi connectivity index (χ0v) is 11.6. The summed E-state index contributed by atoms with van der Waals surface area (Å²) in [5, 5.41) is 0. The molecule has 106 valence electrons. The Balaban J connectivity index is 3.34. The Bertz CT molecular complexity index is 490. The number of ether oxygens (including phenoxy) is 1. The topological polar surface area (TPSA) is 39.2 Å². The number of hydrogen-bond donors (Lipinski definition) is 0. The summed E-state index contributed by atoms with van der Waals surface area (Å²) in [6.07, 6.45) is -8.79. The van der Waals surface area contributed by atoms with Gasteiger partial charge in [0, 0.05) is 3.57 Å². The van der Waals surface area contributed by atoms with Crippen LogP contribution in [0.4, 0.5) is 22.0 Å². The molecule has 1 aromatic rings. The van der Waals surface area contributed by atoms with Gasteiger partial charge in [-0.1, -0.05) is 0 Å². The molecule has 0 unspecified atom stereocenters. The van der Waals surface area contributed by atoms with Crippen molar-refractivity contribution in [3.63, 3.8) is 0 Å². The summed E-state index contributed by atoms with van der Waals surface area (Å²) in [4.78, 5) is 14.2. The molecule has 0 atom stereocenters. The Labute approximate surface area is 118 Å². The molecule has 0 radical (unpaired) electrons. The average Bonchev–Trinajstić information content (AvgIpc) is 2.25. The SMILES string of the molecule is COC(=O)Cc1cc(I)c(C(F)(F)F)c(C(F)F)n1. The van der Waals surface area contributed by atoms with E-state index in [0.29, 0.717) is 0 Å². The molecule has 0 spiro atoms. The lowest BCUT2D eigenvalue weighted by molar-refractivity contribution is -0.140. The second-order valence-corrected chi connectivity index (χ2v) is 4.57. The van der Waals surface area contributed by atoms with Gasteiger partial charge in [0.15, 0.2) is 0 Å². The predicted molar refractivity (Wildman–Crippen MR) is 62.6 cm³/mol. The highest BCUT2D eigenvalue weighted by Gasteiger charge is 2.39. The number of methoxy groups -OCH3 is 1. The van der Waals surface area contributed by atoms with E-state index in [0.717, 1.165) is 13.2 Å². The fourth-order valence-corrected chi connectivity index (χ4v) is 2.27. The highest BCUT2D eigenvalue weighted by Crippen LogP contribution is 2.38. The molecule has 0 amide bonds. The van der Waals surface area contributed by atoms with Crippen LogP contribution in [0.1, 0.15) is 23.4 Å². The third-order valence-corrected chi connectivity index (χ3v) is 2.95. The first kappa shape index (κ1) is 16.1. The molecule has 19 heavy (non-hydrogen) atoms. The summed E-state index contributed by atoms with van der Waals surface area (Å²) in [5.74, 6) is -0.775. The summed E-state index contributed by atoms with van der Waals surface area (Å²) in [6, 6.07) is 0.937. The molecule has 0 N–H and O–H groups in total. The predicted octanol–water partition coefficient (Wildman–Crippen LogP) is 3.36. The third-order valence-electron chi connectivity index (χ3n) is 2.10. The van der Waals surface area contributed by atoms with Crippen LogP contribution >= 0.6 is 22.6 Å². The van der Waals surface area contributed by atoms with E-state index in [-0.39, 0.29) is 5.69 Å². The quantitative estimate of drug-likeness (QED) is 0.448. The van der Waals surface area contributed by atoms with E-state index in [1.54, 1.807) is 0 Å². The Morgan fingerprint density at radius 2 is 2.05 bits per heavy atom. The van der Waals surface area contributed by atoms with E-state index in [1.165, 1.54) is 22.6 Å². The van der Waals surface area contributed by atoms with E-state index >= 15 is 0 Å². The first-order chi connectivity index (χ1) is 8.66. The van der Waals surface area contributed by atoms with Crippen molar-refractivity contribution in [2.24, 2.45) is 0 Å². The van der Waals surface area contributed by atoms with Crippen LogP contribution in [0.2, 0.25) is 0 Å². The number of alkyl halides is 5. The van der Waals surface area contributed by atoms with Crippen molar-refractivity contribution in [1.29, 1.82) is 0 Å². The van der Waals surface area contributed by atoms with E-state index in [9.17, 15) is 26.7 Å². The van der Waals surface area contributed by atoms with Crippen molar-refractivity contribution in [2.75, 3.05) is 7.11 Å². The van der Waals surface area contributed by atoms with Gasteiger partial charge in [-0.15, -0.1) is 0 Å². The third kappa shape index (κ3) is 3.98. The lowest BCUT2D eigenvalue weighted by atomic mass is 10.1. The van der Waals surface area contributed by atoms with Crippen molar-refractivity contribution in [2.45, 2.75) is 19.0 Å². The summed E-state index contributed by atoms with van der Waals surface area (Å²) < 4.78 is 67.2. The van der Waals surface area contributed by atoms with Gasteiger partial charge in [0.1, 0.15) is 5.69 Å². The Kier molecular flexibility index (Phi) is 5.04. The van der Waals surface area contributed by atoms with Crippen LogP contribution in [0.3, 0.4) is 0 Å². The monoisotopic (exact) mass is 395 g/mol. The molecule has 0 aliphatic heterocycles. The summed E-state index contributed by atoms with van der Waals surface area (Å²) in [6.45, 7) is 0. The summed E-state index contributed by atoms with van der Waals surface area (Å²) >= 11 is 1.28. The van der Waals surface area contributed by atoms with Crippen LogP contribution in [-0.4, -0.2) is 18.1 Å². The van der Waals surface area contributed by atoms with Gasteiger partial charge >= 0.3 is 12.1 Å². The maximum absolute atomic E-state index is 12.7. The fourth-order valence-electron chi connectivity index (χ4n) is 1.33. The van der Waals surface area contributed by atoms with Gasteiger partial charge in [-0.05, 0) is 28.7 Å². The molecule has 0 saturated heterocycles. The number of esters is 1. The molecule has 0 saturated carbocycles. The average molecular weight is 395 g/mol. The van der Waals surface area contributed by atoms with E-state index in [4.69, 9.17) is 0 Å². The van der Waals surface area contributed by atoms with Gasteiger partial charge in [0.2, 0.25) is 0 Å². The van der Waals surface area contributed by atoms with Crippen LogP contribution in [0, 0.1) is 3.57 Å². The number of halogens is 6. The van der Waals surface area contributed by atoms with Crippen LogP contribution in [0.15, 0.2) is 6.07 Å². The fraction of sp³-hybridized carbons (Fsp3) is 0.400. The number of hydrogen-bond acceptors (Lipinski definition) is 3. The molecule has 0 aromatic carbocycles. The molecular formula is C10H7F5INO2. The van der Waals surface area contributed by atoms with Crippen molar-refractivity contribution >= 4 is 28.6 Å². The number of pyridine rings is 1. The van der Waals surface area contributed by atoms with Crippen molar-refractivity contribution in [3.8, 4) is 0 Å². The Hall–Kier alpha value is -1.00. The Morgan fingerprint density at radius 3 is 2.47 bits per heavy atom. The number of nitrogens with zero attached hydrogens (tertiary/aromatic N) is 1. The van der Waals surface area contributed by atoms with Gasteiger partial charge in [-0.25, -0.2) is 8.78 Å². The second-order valence-electron chi connectivity index (χ2n) is 3.41. The molecule has 0 fully saturated rings. The molecule has 3 nitrogen and oxygen atoms in total. The normalized spacial score (nSPS) is 11.8. The number of rotatable bonds is 3. The van der Waals surface area contributed by atoms with Crippen molar-refractivity contribution < 1.29 is 31.5 Å². The van der Waals surface area contributed by atoms with E-state index < -0.39 is 39.8 Å². The standard InChI is InChI=1S/C10H7F5INO2/c1-19-6(18)3-4-2-5(16)7(10(13,14)15)8(17-4)9(11)12/h2,9H,3H2,1H3. The maximum Gasteiger partial charge on any atom is 0.419 e. The minimum Gasteiger partial charge on any atom is -0.469 e. The first-order valence-corrected chi connectivity index (χ1v) is 5.86. The zero-order valence-electron chi connectivity index (χ0n) is 9.39. The first-order valence-electron chi connectivity index (χ1n) is 4.78. The number of carbonyl (C=O) groups is 1. The largest absolute Gasteiger partial charge is 0.469 e. The number of aromatic nitrogens is 1. The van der Waals surface area contributed by atoms with Gasteiger partial charge in [-0.3, -0.25) is 9.78 Å². The highest BCUT2D eigenvalue weighted by molar-refractivity contribution is 14.1. The van der Waals surface area contributed by atoms with Crippen LogP contribution < -0.4 is 0 Å². The van der Waals surface area contributed by atoms with Gasteiger partial charge < -0.3 is 4.74 Å². The van der Waals surface area contributed by atoms with E-state index in [1.807, 2.05) is 0 Å². The molecule has 1 aromatic heterocycles. The molecule has 9 heteroatoms. The van der Waals surface area contributed by atoms with E-state index in [2.05, 4.69) is 9.72 Å². The molecule has 0 bridgehead atoms. The molecule has 0 aliphatic carbocycles. The molecule has 1 heterocycles. The minimum absolute atomic E-state index is 0.195. The maximum atomic E-state index is 12.7. The van der Waals surface area contributed by atoms with Crippen LogP contribution in [0.5, 0.6) is 0 Å². The summed E-state index contributed by atoms with van der Waals surface area (Å²) in [7, 11) is 1.07. The van der Waals surface area contributed by atoms with Gasteiger partial charge in [0.25, 0.3) is 6.43 Å². The van der Waals surface area contributed by atoms with Crippen molar-refractivity contribution in [1.82, 2.24) is 4.98 Å². The summed E-state index contributed by atoms with van der Waals surface area (Å²) in [5.41, 5.74) is -3.05. The van der Waals surface area contributed by atoms with Gasteiger partial charge in [0.05, 0.1) is 24.8 Å². The lowest BCUT2D eigenvalue weighted by Gasteiger charge is -2.15. The van der Waals surface area contributed by atoms with Crippen LogP contribution in [0.25, 0.3) is 0 Å². The minimum atomic E-state index is -4.93. The highest BCUT2D eigenvalue weighted by atomic mass is 127. The Morgan fingerprint density at radius 1 is 1.47 bits per heavy atom. The smallest absolute Gasteiger partial charge is 0.419 e. The zero-order chi connectivity index (χ0) is 14.8. The van der Waals surface area contributed by atoms with Crippen LogP contribution in [-0.2, 0) is 22.1 Å². The molecule has 0 aliphatic rings. The molecular weight excluding hydrogens is 388 g/mol.